The van der Waals surface area contributed by atoms with E-state index < -0.39 is 6.29 Å². The molecule has 2 N–H and O–H groups in total. The quantitative estimate of drug-likeness (QED) is 0.0457. The van der Waals surface area contributed by atoms with Gasteiger partial charge in [0, 0.05) is 0 Å². The number of hydrogen-bond donors (Lipinski definition) is 2. The van der Waals surface area contributed by atoms with Crippen molar-refractivity contribution in [2.45, 2.75) is 6.29 Å². The number of ether oxygens (including phenoxy) is 6. The standard InChI is InChI=1S/3C15H16N2O2.C3H6O2.2Mo/c3*1-18-14-7-3-12(4-8-14)16-11-17-13-5-9-15(19-2)10-6-13;1-2-3(4)5;;/h3*3-10H,11H2,1-2H3;2-5H,1H2;;/q3*-2;;2*+3. The molecule has 14 nitrogen and oxygen atoms in total. The fourth-order valence-electron chi connectivity index (χ4n) is 4.72. The van der Waals surface area contributed by atoms with E-state index in [2.05, 4.69) is 38.5 Å². The molecule has 0 unspecified atom stereocenters. The third-order valence-electron chi connectivity index (χ3n) is 8.17. The minimum atomic E-state index is -1.35. The van der Waals surface area contributed by atoms with Gasteiger partial charge in [0.2, 0.25) is 0 Å². The summed E-state index contributed by atoms with van der Waals surface area (Å²) in [6.07, 6.45) is -0.324. The molecule has 64 heavy (non-hydrogen) atoms. The first-order valence-corrected chi connectivity index (χ1v) is 19.1. The topological polar surface area (TPSA) is 180 Å². The van der Waals surface area contributed by atoms with Gasteiger partial charge in [-0.15, -0.1) is 34.1 Å². The Morgan fingerprint density at radius 1 is 0.344 bits per heavy atom. The van der Waals surface area contributed by atoms with Crippen LogP contribution in [0.3, 0.4) is 0 Å². The molecule has 0 amide bonds. The van der Waals surface area contributed by atoms with Crippen LogP contribution < -0.4 is 28.4 Å². The minimum absolute atomic E-state index is 0. The summed E-state index contributed by atoms with van der Waals surface area (Å²) in [4.78, 5) is 0. The second-order valence-electron chi connectivity index (χ2n) is 12.2. The molecule has 0 saturated heterocycles. The summed E-state index contributed by atoms with van der Waals surface area (Å²) < 4.78 is 30.5. The maximum atomic E-state index is 7.80. The summed E-state index contributed by atoms with van der Waals surface area (Å²) in [5.41, 5.74) is 5.32. The van der Waals surface area contributed by atoms with Gasteiger partial charge in [-0.3, -0.25) is 0 Å². The van der Waals surface area contributed by atoms with Crippen molar-refractivity contribution >= 4 is 34.1 Å². The first kappa shape index (κ1) is 56.0. The first-order valence-electron chi connectivity index (χ1n) is 19.1. The van der Waals surface area contributed by atoms with Gasteiger partial charge in [0.15, 0.2) is 6.29 Å². The Morgan fingerprint density at radius 3 is 0.562 bits per heavy atom. The number of aliphatic hydroxyl groups is 2. The molecule has 6 aromatic rings. The van der Waals surface area contributed by atoms with Gasteiger partial charge in [-0.05, 0) is 78.9 Å². The Hall–Kier alpha value is -6.04. The predicted molar refractivity (Wildman–Crippen MR) is 249 cm³/mol. The molecule has 336 valence electrons. The summed E-state index contributed by atoms with van der Waals surface area (Å²) in [5.74, 6) is 4.95. The number of rotatable bonds is 19. The molecule has 0 atom stereocenters. The third kappa shape index (κ3) is 22.9. The number of aliphatic hydroxyl groups excluding tert-OH is 1. The average molecular weight is 1030 g/mol. The molecule has 6 aromatic carbocycles. The number of nitrogens with zero attached hydrogens (tertiary/aromatic N) is 6. The van der Waals surface area contributed by atoms with Crippen molar-refractivity contribution in [1.29, 1.82) is 0 Å². The van der Waals surface area contributed by atoms with Crippen molar-refractivity contribution < 1.29 is 80.8 Å². The summed E-state index contributed by atoms with van der Waals surface area (Å²) in [7, 11) is 9.86. The average Bonchev–Trinajstić information content (AvgIpc) is 3.33. The van der Waals surface area contributed by atoms with Gasteiger partial charge >= 0.3 is 42.1 Å². The molecule has 0 aliphatic carbocycles. The van der Waals surface area contributed by atoms with Crippen molar-refractivity contribution in [1.82, 2.24) is 0 Å². The van der Waals surface area contributed by atoms with E-state index in [0.29, 0.717) is 20.0 Å². The number of hydrogen-bond acceptors (Lipinski definition) is 8. The molecule has 0 aliphatic rings. The molecule has 0 aliphatic heterocycles. The maximum absolute atomic E-state index is 7.80. The van der Waals surface area contributed by atoms with E-state index in [0.717, 1.165) is 74.7 Å². The van der Waals surface area contributed by atoms with Gasteiger partial charge in [-0.2, -0.15) is 0 Å². The summed E-state index contributed by atoms with van der Waals surface area (Å²) in [5, 5.41) is 41.8. The van der Waals surface area contributed by atoms with Crippen LogP contribution >= 0.6 is 0 Å². The molecule has 0 bridgehead atoms. The molecule has 6 rings (SSSR count). The minimum Gasteiger partial charge on any atom is -0.699 e. The van der Waals surface area contributed by atoms with Gasteiger partial charge in [-0.1, -0.05) is 79.4 Å². The second kappa shape index (κ2) is 33.5. The van der Waals surface area contributed by atoms with Gasteiger partial charge in [-0.25, -0.2) is 20.0 Å². The Kier molecular flexibility index (Phi) is 29.3. The van der Waals surface area contributed by atoms with E-state index in [1.165, 1.54) is 0 Å². The zero-order valence-electron chi connectivity index (χ0n) is 36.7. The monoisotopic (exact) mass is 1040 g/mol. The van der Waals surface area contributed by atoms with Gasteiger partial charge in [0.25, 0.3) is 0 Å². The van der Waals surface area contributed by atoms with E-state index in [-0.39, 0.29) is 42.1 Å². The fraction of sp³-hybridized carbons (Fsp3) is 0.208. The molecule has 0 fully saturated rings. The van der Waals surface area contributed by atoms with Crippen molar-refractivity contribution in [3.8, 4) is 34.5 Å². The van der Waals surface area contributed by atoms with Crippen LogP contribution in [-0.2, 0) is 42.1 Å². The van der Waals surface area contributed by atoms with Crippen LogP contribution in [0.25, 0.3) is 31.9 Å². The van der Waals surface area contributed by atoms with Gasteiger partial charge < -0.3 is 70.5 Å². The smallest absolute Gasteiger partial charge is 0.699 e. The molecule has 0 spiro atoms. The van der Waals surface area contributed by atoms with Crippen LogP contribution in [0.2, 0.25) is 0 Å². The van der Waals surface area contributed by atoms with E-state index in [1.807, 2.05) is 146 Å². The van der Waals surface area contributed by atoms with Crippen molar-refractivity contribution in [2.75, 3.05) is 62.7 Å². The van der Waals surface area contributed by atoms with E-state index >= 15 is 0 Å². The molecule has 16 heteroatoms. The number of benzene rings is 6. The summed E-state index contributed by atoms with van der Waals surface area (Å²) in [6.45, 7) is 4.26. The predicted octanol–water partition coefficient (Wildman–Crippen LogP) is 12.6. The maximum Gasteiger partial charge on any atom is 3.00 e. The Bertz CT molecular complexity index is 1690. The zero-order chi connectivity index (χ0) is 44.8. The zero-order valence-corrected chi connectivity index (χ0v) is 40.7. The molecule has 0 aromatic heterocycles. The third-order valence-corrected chi connectivity index (χ3v) is 8.17. The van der Waals surface area contributed by atoms with Crippen LogP contribution in [0.5, 0.6) is 34.5 Å². The van der Waals surface area contributed by atoms with Gasteiger partial charge in [0.05, 0.1) is 42.7 Å². The van der Waals surface area contributed by atoms with Crippen LogP contribution in [0.1, 0.15) is 0 Å². The Morgan fingerprint density at radius 2 is 0.469 bits per heavy atom. The molecular weight excluding hydrogens is 980 g/mol. The van der Waals surface area contributed by atoms with E-state index in [4.69, 9.17) is 38.6 Å². The van der Waals surface area contributed by atoms with Crippen LogP contribution in [0.15, 0.2) is 158 Å². The molecule has 0 saturated carbocycles. The van der Waals surface area contributed by atoms with E-state index in [9.17, 15) is 0 Å². The first-order chi connectivity index (χ1) is 30.2. The SMILES string of the molecule is C=CC(O)O.COc1ccc([N-]C[N-]c2ccc(OC)cc2)cc1.COc1ccc([N-]C[N-]c2ccc(OC)cc2)cc1.COc1ccc([N-]C[N-]c2ccc(OC)cc2)cc1.[Mo+3].[Mo+3]. The van der Waals surface area contributed by atoms with Gasteiger partial charge in [0.1, 0.15) is 34.5 Å². The van der Waals surface area contributed by atoms with Crippen molar-refractivity contribution in [3.63, 3.8) is 0 Å². The van der Waals surface area contributed by atoms with E-state index in [1.54, 1.807) is 42.7 Å². The largest absolute Gasteiger partial charge is 3.00 e. The summed E-state index contributed by atoms with van der Waals surface area (Å²) in [6, 6.07) is 45.4. The summed E-state index contributed by atoms with van der Waals surface area (Å²) >= 11 is 0. The molecule has 2 radical (unpaired) electrons. The van der Waals surface area contributed by atoms with Crippen LogP contribution in [-0.4, -0.2) is 79.2 Å². The van der Waals surface area contributed by atoms with Crippen LogP contribution in [0, 0.1) is 0 Å². The molecule has 0 heterocycles. The normalized spacial score (nSPS) is 9.39. The Labute approximate surface area is 406 Å². The van der Waals surface area contributed by atoms with Crippen molar-refractivity contribution in [3.05, 3.63) is 190 Å². The van der Waals surface area contributed by atoms with Crippen LogP contribution in [0.4, 0.5) is 34.1 Å². The number of methoxy groups -OCH3 is 6. The van der Waals surface area contributed by atoms with Crippen molar-refractivity contribution in [2.24, 2.45) is 0 Å². The Balaban J connectivity index is 0.000000448. The second-order valence-corrected chi connectivity index (χ2v) is 12.2. The molecular formula is C48H54Mo2N6O8. The fourth-order valence-corrected chi connectivity index (χ4v) is 4.72.